The number of hydrogen-bond donors (Lipinski definition) is 1. The summed E-state index contributed by atoms with van der Waals surface area (Å²) in [6.45, 7) is 3.66. The van der Waals surface area contributed by atoms with Gasteiger partial charge in [0.25, 0.3) is 5.91 Å². The monoisotopic (exact) mass is 314 g/mol. The number of aryl methyl sites for hydroxylation is 1. The zero-order chi connectivity index (χ0) is 16.6. The summed E-state index contributed by atoms with van der Waals surface area (Å²) in [7, 11) is 0. The van der Waals surface area contributed by atoms with Gasteiger partial charge in [-0.25, -0.2) is 9.78 Å². The van der Waals surface area contributed by atoms with Crippen LogP contribution in [0.5, 0.6) is 0 Å². The van der Waals surface area contributed by atoms with Gasteiger partial charge in [-0.3, -0.25) is 4.79 Å². The van der Waals surface area contributed by atoms with Gasteiger partial charge in [-0.1, -0.05) is 18.2 Å². The molecule has 1 aromatic carbocycles. The van der Waals surface area contributed by atoms with Gasteiger partial charge in [-0.2, -0.15) is 0 Å². The van der Waals surface area contributed by atoms with E-state index in [9.17, 15) is 14.7 Å². The molecule has 0 bridgehead atoms. The Balaban J connectivity index is 1.95. The third-order valence-corrected chi connectivity index (χ3v) is 4.37. The van der Waals surface area contributed by atoms with Gasteiger partial charge in [0.2, 0.25) is 5.89 Å². The number of hydrogen-bond acceptors (Lipinski definition) is 4. The van der Waals surface area contributed by atoms with Gasteiger partial charge in [0.15, 0.2) is 5.69 Å². The fraction of sp³-hybridized carbons (Fsp3) is 0.353. The van der Waals surface area contributed by atoms with Crippen LogP contribution in [0, 0.1) is 6.92 Å². The number of nitrogens with zero attached hydrogens (tertiary/aromatic N) is 2. The molecule has 1 unspecified atom stereocenters. The molecule has 1 N–H and O–H groups in total. The first-order valence-corrected chi connectivity index (χ1v) is 7.51. The highest BCUT2D eigenvalue weighted by atomic mass is 16.4. The highest BCUT2D eigenvalue weighted by Gasteiger charge is 2.47. The Bertz CT molecular complexity index is 753. The Morgan fingerprint density at radius 1 is 1.30 bits per heavy atom. The van der Waals surface area contributed by atoms with E-state index < -0.39 is 17.4 Å². The van der Waals surface area contributed by atoms with Crippen molar-refractivity contribution in [3.63, 3.8) is 0 Å². The topological polar surface area (TPSA) is 83.6 Å². The number of amides is 1. The van der Waals surface area contributed by atoms with Crippen molar-refractivity contribution in [2.45, 2.75) is 32.2 Å². The van der Waals surface area contributed by atoms with E-state index in [-0.39, 0.29) is 5.69 Å². The molecule has 6 nitrogen and oxygen atoms in total. The van der Waals surface area contributed by atoms with E-state index >= 15 is 0 Å². The number of carboxylic acids is 1. The van der Waals surface area contributed by atoms with Gasteiger partial charge in [0, 0.05) is 12.1 Å². The molecule has 0 saturated carbocycles. The van der Waals surface area contributed by atoms with Gasteiger partial charge >= 0.3 is 5.97 Å². The molecule has 23 heavy (non-hydrogen) atoms. The third-order valence-electron chi connectivity index (χ3n) is 4.37. The standard InChI is InChI=1S/C17H18N2O4/c1-11-13(18-14(23-11)12-7-4-3-5-8-12)15(20)19-10-6-9-17(19,2)16(21)22/h3-5,7-8H,6,9-10H2,1-2H3,(H,21,22). The van der Waals surface area contributed by atoms with Gasteiger partial charge < -0.3 is 14.4 Å². The predicted molar refractivity (Wildman–Crippen MR) is 83.0 cm³/mol. The van der Waals surface area contributed by atoms with Crippen LogP contribution in [0.1, 0.15) is 36.0 Å². The minimum absolute atomic E-state index is 0.179. The van der Waals surface area contributed by atoms with Crippen molar-refractivity contribution < 1.29 is 19.1 Å². The van der Waals surface area contributed by atoms with E-state index in [1.807, 2.05) is 30.3 Å². The number of aliphatic carboxylic acids is 1. The Kier molecular flexibility index (Phi) is 3.67. The normalized spacial score (nSPS) is 20.7. The molecule has 0 aliphatic carbocycles. The van der Waals surface area contributed by atoms with Crippen LogP contribution < -0.4 is 0 Å². The van der Waals surface area contributed by atoms with Gasteiger partial charge in [0.1, 0.15) is 11.3 Å². The fourth-order valence-electron chi connectivity index (χ4n) is 2.94. The van der Waals surface area contributed by atoms with Crippen molar-refractivity contribution in [2.75, 3.05) is 6.54 Å². The average molecular weight is 314 g/mol. The second-order valence-corrected chi connectivity index (χ2v) is 5.93. The molecule has 1 amide bonds. The maximum absolute atomic E-state index is 12.8. The molecule has 1 atom stereocenters. The highest BCUT2D eigenvalue weighted by molar-refractivity contribution is 5.97. The summed E-state index contributed by atoms with van der Waals surface area (Å²) < 4.78 is 5.60. The van der Waals surface area contributed by atoms with Crippen LogP contribution >= 0.6 is 0 Å². The summed E-state index contributed by atoms with van der Waals surface area (Å²) >= 11 is 0. The Labute approximate surface area is 133 Å². The number of carbonyl (C=O) groups excluding carboxylic acids is 1. The number of carbonyl (C=O) groups is 2. The van der Waals surface area contributed by atoms with Crippen molar-refractivity contribution in [1.82, 2.24) is 9.88 Å². The first-order valence-electron chi connectivity index (χ1n) is 7.51. The third kappa shape index (κ3) is 2.50. The fourth-order valence-corrected chi connectivity index (χ4v) is 2.94. The largest absolute Gasteiger partial charge is 0.480 e. The van der Waals surface area contributed by atoms with Crippen molar-refractivity contribution in [2.24, 2.45) is 0 Å². The number of oxazole rings is 1. The van der Waals surface area contributed by atoms with Crippen molar-refractivity contribution in [3.8, 4) is 11.5 Å². The van der Waals surface area contributed by atoms with E-state index in [1.165, 1.54) is 4.90 Å². The van der Waals surface area contributed by atoms with E-state index in [0.717, 1.165) is 5.56 Å². The summed E-state index contributed by atoms with van der Waals surface area (Å²) in [5.41, 5.74) is -0.231. The molecule has 6 heteroatoms. The lowest BCUT2D eigenvalue weighted by atomic mass is 9.99. The van der Waals surface area contributed by atoms with E-state index in [0.29, 0.717) is 31.0 Å². The van der Waals surface area contributed by atoms with Crippen molar-refractivity contribution >= 4 is 11.9 Å². The molecule has 0 spiro atoms. The molecule has 3 rings (SSSR count). The van der Waals surface area contributed by atoms with Crippen molar-refractivity contribution in [1.29, 1.82) is 0 Å². The van der Waals surface area contributed by atoms with Gasteiger partial charge in [-0.05, 0) is 38.8 Å². The Hall–Kier alpha value is -2.63. The lowest BCUT2D eigenvalue weighted by Crippen LogP contribution is -2.51. The molecular formula is C17H18N2O4. The first-order chi connectivity index (χ1) is 10.9. The van der Waals surface area contributed by atoms with E-state index in [1.54, 1.807) is 13.8 Å². The molecule has 120 valence electrons. The lowest BCUT2D eigenvalue weighted by molar-refractivity contribution is -0.147. The minimum Gasteiger partial charge on any atom is -0.480 e. The van der Waals surface area contributed by atoms with E-state index in [4.69, 9.17) is 4.42 Å². The molecule has 2 aromatic rings. The number of benzene rings is 1. The number of carboxylic acid groups (broad SMARTS) is 1. The quantitative estimate of drug-likeness (QED) is 0.941. The Morgan fingerprint density at radius 3 is 2.65 bits per heavy atom. The zero-order valence-corrected chi connectivity index (χ0v) is 13.1. The van der Waals surface area contributed by atoms with Crippen LogP contribution in [0.2, 0.25) is 0 Å². The minimum atomic E-state index is -1.19. The molecule has 1 fully saturated rings. The Morgan fingerprint density at radius 2 is 2.00 bits per heavy atom. The second kappa shape index (κ2) is 5.53. The summed E-state index contributed by atoms with van der Waals surface area (Å²) in [4.78, 5) is 30.0. The van der Waals surface area contributed by atoms with Crippen LogP contribution in [0.4, 0.5) is 0 Å². The summed E-state index contributed by atoms with van der Waals surface area (Å²) in [6, 6.07) is 9.29. The van der Waals surface area contributed by atoms with Crippen LogP contribution in [0.15, 0.2) is 34.7 Å². The lowest BCUT2D eigenvalue weighted by Gasteiger charge is -2.30. The van der Waals surface area contributed by atoms with Gasteiger partial charge in [0.05, 0.1) is 0 Å². The summed E-state index contributed by atoms with van der Waals surface area (Å²) in [5.74, 6) is -0.625. The van der Waals surface area contributed by atoms with Crippen LogP contribution in [-0.4, -0.2) is 39.0 Å². The maximum Gasteiger partial charge on any atom is 0.329 e. The zero-order valence-electron chi connectivity index (χ0n) is 13.1. The van der Waals surface area contributed by atoms with E-state index in [2.05, 4.69) is 4.98 Å². The number of aromatic nitrogens is 1. The maximum atomic E-state index is 12.8. The molecule has 0 radical (unpaired) electrons. The molecule has 1 aliphatic heterocycles. The molecular weight excluding hydrogens is 296 g/mol. The van der Waals surface area contributed by atoms with Crippen LogP contribution in [0.3, 0.4) is 0 Å². The molecule has 2 heterocycles. The highest BCUT2D eigenvalue weighted by Crippen LogP contribution is 2.32. The average Bonchev–Trinajstić information content (AvgIpc) is 3.12. The molecule has 1 aromatic heterocycles. The molecule has 1 saturated heterocycles. The molecule has 1 aliphatic rings. The van der Waals surface area contributed by atoms with Crippen LogP contribution in [0.25, 0.3) is 11.5 Å². The van der Waals surface area contributed by atoms with Crippen molar-refractivity contribution in [3.05, 3.63) is 41.8 Å². The number of likely N-dealkylation sites (tertiary alicyclic amines) is 1. The first kappa shape index (κ1) is 15.3. The smallest absolute Gasteiger partial charge is 0.329 e. The van der Waals surface area contributed by atoms with Gasteiger partial charge in [-0.15, -0.1) is 0 Å². The summed E-state index contributed by atoms with van der Waals surface area (Å²) in [5, 5.41) is 9.45. The number of rotatable bonds is 3. The SMILES string of the molecule is Cc1oc(-c2ccccc2)nc1C(=O)N1CCCC1(C)C(=O)O. The second-order valence-electron chi connectivity index (χ2n) is 5.93. The summed E-state index contributed by atoms with van der Waals surface area (Å²) in [6.07, 6.45) is 1.10. The predicted octanol–water partition coefficient (Wildman–Crippen LogP) is 2.73. The van der Waals surface area contributed by atoms with Crippen LogP contribution in [-0.2, 0) is 4.79 Å².